The second kappa shape index (κ2) is 2.95. The van der Waals surface area contributed by atoms with Gasteiger partial charge in [0.15, 0.2) is 0 Å². The maximum Gasteiger partial charge on any atom is 0.0852 e. The van der Waals surface area contributed by atoms with Crippen LogP contribution in [0, 0.1) is 0 Å². The van der Waals surface area contributed by atoms with E-state index in [1.54, 1.807) is 0 Å². The summed E-state index contributed by atoms with van der Waals surface area (Å²) < 4.78 is 0. The van der Waals surface area contributed by atoms with Crippen LogP contribution in [0.25, 0.3) is 0 Å². The molecule has 0 aliphatic heterocycles. The van der Waals surface area contributed by atoms with Crippen LogP contribution < -0.4 is 5.73 Å². The molecule has 0 bridgehead atoms. The van der Waals surface area contributed by atoms with Crippen molar-refractivity contribution in [3.63, 3.8) is 0 Å². The van der Waals surface area contributed by atoms with Crippen LogP contribution in [-0.4, -0.2) is 16.7 Å². The topological polar surface area (TPSA) is 46.2 Å². The zero-order chi connectivity index (χ0) is 8.48. The molecule has 0 atom stereocenters. The predicted octanol–water partition coefficient (Wildman–Crippen LogP) is 1.19. The Balaban J connectivity index is 2.55. The van der Waals surface area contributed by atoms with Gasteiger partial charge in [0.05, 0.1) is 5.60 Å². The fourth-order valence-electron chi connectivity index (χ4n) is 1.54. The molecule has 3 N–H and O–H groups in total. The summed E-state index contributed by atoms with van der Waals surface area (Å²) in [7, 11) is 0. The molecule has 0 radical (unpaired) electrons. The third-order valence-corrected chi connectivity index (χ3v) is 2.65. The van der Waals surface area contributed by atoms with Gasteiger partial charge in [0.25, 0.3) is 0 Å². The molecule has 0 heterocycles. The molecule has 1 fully saturated rings. The van der Waals surface area contributed by atoms with Crippen molar-refractivity contribution in [2.75, 3.05) is 0 Å². The molecule has 0 amide bonds. The molecule has 1 aliphatic rings. The molecule has 0 spiro atoms. The molecule has 11 heavy (non-hydrogen) atoms. The van der Waals surface area contributed by atoms with Gasteiger partial charge in [0.2, 0.25) is 0 Å². The Bertz CT molecular complexity index is 157. The maximum atomic E-state index is 9.91. The number of nitrogens with two attached hydrogens (primary N) is 1. The van der Waals surface area contributed by atoms with Gasteiger partial charge < -0.3 is 10.8 Å². The van der Waals surface area contributed by atoms with Gasteiger partial charge in [-0.3, -0.25) is 0 Å². The first-order chi connectivity index (χ1) is 5.04. The molecule has 0 aromatic carbocycles. The number of rotatable bonds is 1. The van der Waals surface area contributed by atoms with Gasteiger partial charge >= 0.3 is 0 Å². The molecule has 2 heteroatoms. The Morgan fingerprint density at radius 3 is 2.36 bits per heavy atom. The monoisotopic (exact) mass is 155 g/mol. The fraction of sp³-hybridized carbons (Fsp3) is 0.778. The average Bonchev–Trinajstić information content (AvgIpc) is 1.95. The fourth-order valence-corrected chi connectivity index (χ4v) is 1.54. The summed E-state index contributed by atoms with van der Waals surface area (Å²) in [5.74, 6) is 0. The van der Waals surface area contributed by atoms with Gasteiger partial charge in [-0.2, -0.15) is 0 Å². The van der Waals surface area contributed by atoms with E-state index in [4.69, 9.17) is 5.73 Å². The second-order valence-corrected chi connectivity index (χ2v) is 3.65. The first-order valence-corrected chi connectivity index (χ1v) is 4.18. The van der Waals surface area contributed by atoms with Crippen LogP contribution in [0.3, 0.4) is 0 Å². The minimum absolute atomic E-state index is 0.287. The second-order valence-electron chi connectivity index (χ2n) is 3.65. The first kappa shape index (κ1) is 8.75. The Morgan fingerprint density at radius 1 is 1.55 bits per heavy atom. The van der Waals surface area contributed by atoms with Crippen molar-refractivity contribution in [3.8, 4) is 0 Å². The van der Waals surface area contributed by atoms with Crippen molar-refractivity contribution in [1.82, 2.24) is 0 Å². The smallest absolute Gasteiger partial charge is 0.0852 e. The Hall–Kier alpha value is -0.340. The Morgan fingerprint density at radius 2 is 2.00 bits per heavy atom. The summed E-state index contributed by atoms with van der Waals surface area (Å²) >= 11 is 0. The van der Waals surface area contributed by atoms with E-state index >= 15 is 0 Å². The molecular weight excluding hydrogens is 138 g/mol. The minimum atomic E-state index is -0.615. The van der Waals surface area contributed by atoms with Gasteiger partial charge in [-0.25, -0.2) is 0 Å². The first-order valence-electron chi connectivity index (χ1n) is 4.18. The lowest BCUT2D eigenvalue weighted by molar-refractivity contribution is 0.0351. The number of hydrogen-bond acceptors (Lipinski definition) is 2. The molecule has 0 saturated heterocycles. The van der Waals surface area contributed by atoms with Gasteiger partial charge in [-0.05, 0) is 38.2 Å². The van der Waals surface area contributed by atoms with Gasteiger partial charge in [-0.1, -0.05) is 6.58 Å². The third kappa shape index (κ3) is 1.82. The standard InChI is InChI=1S/C9H17NO/c1-7(2)9(11)5-3-8(10)4-6-9/h8,11H,1,3-6,10H2,2H3. The summed E-state index contributed by atoms with van der Waals surface area (Å²) in [4.78, 5) is 0. The van der Waals surface area contributed by atoms with Gasteiger partial charge in [0.1, 0.15) is 0 Å². The summed E-state index contributed by atoms with van der Waals surface area (Å²) in [6, 6.07) is 0.287. The highest BCUT2D eigenvalue weighted by molar-refractivity contribution is 5.11. The lowest BCUT2D eigenvalue weighted by Gasteiger charge is -2.35. The Labute approximate surface area is 68.1 Å². The van der Waals surface area contributed by atoms with Crippen molar-refractivity contribution in [2.24, 2.45) is 5.73 Å². The van der Waals surface area contributed by atoms with Gasteiger partial charge in [0, 0.05) is 6.04 Å². The van der Waals surface area contributed by atoms with Crippen molar-refractivity contribution in [2.45, 2.75) is 44.2 Å². The summed E-state index contributed by atoms with van der Waals surface area (Å²) in [5.41, 5.74) is 5.98. The zero-order valence-electron chi connectivity index (χ0n) is 7.14. The molecule has 1 aliphatic carbocycles. The molecular formula is C9H17NO. The van der Waals surface area contributed by atoms with Crippen molar-refractivity contribution < 1.29 is 5.11 Å². The number of aliphatic hydroxyl groups is 1. The van der Waals surface area contributed by atoms with Crippen molar-refractivity contribution >= 4 is 0 Å². The van der Waals surface area contributed by atoms with E-state index in [1.807, 2.05) is 6.92 Å². The lowest BCUT2D eigenvalue weighted by Crippen LogP contribution is -2.39. The van der Waals surface area contributed by atoms with E-state index in [1.165, 1.54) is 0 Å². The molecule has 0 aromatic rings. The lowest BCUT2D eigenvalue weighted by atomic mass is 9.79. The highest BCUT2D eigenvalue weighted by Crippen LogP contribution is 2.32. The average molecular weight is 155 g/mol. The molecule has 1 rings (SSSR count). The van der Waals surface area contributed by atoms with Crippen LogP contribution in [0.1, 0.15) is 32.6 Å². The molecule has 0 aromatic heterocycles. The van der Waals surface area contributed by atoms with Crippen LogP contribution in [0.4, 0.5) is 0 Å². The maximum absolute atomic E-state index is 9.91. The highest BCUT2D eigenvalue weighted by atomic mass is 16.3. The summed E-state index contributed by atoms with van der Waals surface area (Å²) in [5, 5.41) is 9.91. The Kier molecular flexibility index (Phi) is 2.35. The SMILES string of the molecule is C=C(C)C1(O)CCC(N)CC1. The van der Waals surface area contributed by atoms with E-state index in [0.29, 0.717) is 0 Å². The van der Waals surface area contributed by atoms with E-state index in [-0.39, 0.29) is 6.04 Å². The minimum Gasteiger partial charge on any atom is -0.386 e. The summed E-state index contributed by atoms with van der Waals surface area (Å²) in [6.07, 6.45) is 3.40. The quantitative estimate of drug-likeness (QED) is 0.559. The largest absolute Gasteiger partial charge is 0.386 e. The zero-order valence-corrected chi connectivity index (χ0v) is 7.14. The number of hydrogen-bond donors (Lipinski definition) is 2. The molecule has 0 unspecified atom stereocenters. The van der Waals surface area contributed by atoms with E-state index in [2.05, 4.69) is 6.58 Å². The van der Waals surface area contributed by atoms with Crippen LogP contribution in [0.2, 0.25) is 0 Å². The molecule has 2 nitrogen and oxygen atoms in total. The van der Waals surface area contributed by atoms with Crippen LogP contribution in [0.5, 0.6) is 0 Å². The van der Waals surface area contributed by atoms with Gasteiger partial charge in [-0.15, -0.1) is 0 Å². The molecule has 1 saturated carbocycles. The van der Waals surface area contributed by atoms with Crippen LogP contribution >= 0.6 is 0 Å². The van der Waals surface area contributed by atoms with E-state index in [0.717, 1.165) is 31.3 Å². The highest BCUT2D eigenvalue weighted by Gasteiger charge is 2.32. The van der Waals surface area contributed by atoms with Crippen LogP contribution in [-0.2, 0) is 0 Å². The van der Waals surface area contributed by atoms with Crippen molar-refractivity contribution in [1.29, 1.82) is 0 Å². The van der Waals surface area contributed by atoms with E-state index in [9.17, 15) is 5.11 Å². The summed E-state index contributed by atoms with van der Waals surface area (Å²) in [6.45, 7) is 5.67. The third-order valence-electron chi connectivity index (χ3n) is 2.65. The van der Waals surface area contributed by atoms with Crippen LogP contribution in [0.15, 0.2) is 12.2 Å². The van der Waals surface area contributed by atoms with E-state index < -0.39 is 5.60 Å². The normalized spacial score (nSPS) is 38.6. The molecule has 64 valence electrons. The predicted molar refractivity (Wildman–Crippen MR) is 46.2 cm³/mol. The van der Waals surface area contributed by atoms with Crippen molar-refractivity contribution in [3.05, 3.63) is 12.2 Å².